The zero-order valence-electron chi connectivity index (χ0n) is 20.3. The summed E-state index contributed by atoms with van der Waals surface area (Å²) in [4.78, 5) is 44.2. The highest BCUT2D eigenvalue weighted by Crippen LogP contribution is 2.31. The molecular weight excluding hydrogens is 432 g/mol. The molecule has 1 aromatic rings. The van der Waals surface area contributed by atoms with Crippen molar-refractivity contribution < 1.29 is 19.1 Å². The lowest BCUT2D eigenvalue weighted by Crippen LogP contribution is -2.52. The summed E-state index contributed by atoms with van der Waals surface area (Å²) in [5.41, 5.74) is 0.901. The average Bonchev–Trinajstić information content (AvgIpc) is 3.13. The van der Waals surface area contributed by atoms with E-state index in [-0.39, 0.29) is 30.8 Å². The minimum atomic E-state index is -0.645. The number of ether oxygens (including phenoxy) is 1. The van der Waals surface area contributed by atoms with Crippen LogP contribution in [0.3, 0.4) is 0 Å². The van der Waals surface area contributed by atoms with Crippen LogP contribution in [0.15, 0.2) is 30.3 Å². The van der Waals surface area contributed by atoms with Crippen molar-refractivity contribution in [3.05, 3.63) is 35.9 Å². The number of piperidine rings is 2. The number of hydrogen-bond donors (Lipinski definition) is 1. The normalized spacial score (nSPS) is 25.2. The molecule has 3 aliphatic heterocycles. The predicted molar refractivity (Wildman–Crippen MR) is 129 cm³/mol. The first kappa shape index (κ1) is 24.7. The van der Waals surface area contributed by atoms with Gasteiger partial charge in [-0.25, -0.2) is 4.79 Å². The average molecular weight is 471 g/mol. The maximum atomic E-state index is 13.2. The molecule has 3 atom stereocenters. The number of carbonyl (C=O) groups is 3. The van der Waals surface area contributed by atoms with Gasteiger partial charge in [-0.1, -0.05) is 36.8 Å². The lowest BCUT2D eigenvalue weighted by Gasteiger charge is -2.45. The van der Waals surface area contributed by atoms with Gasteiger partial charge in [0.1, 0.15) is 6.04 Å². The molecule has 0 aliphatic carbocycles. The van der Waals surface area contributed by atoms with E-state index in [1.165, 1.54) is 43.7 Å². The minimum absolute atomic E-state index is 0.0357. The van der Waals surface area contributed by atoms with Gasteiger partial charge in [-0.3, -0.25) is 14.5 Å². The maximum Gasteiger partial charge on any atom is 0.325 e. The monoisotopic (exact) mass is 470 g/mol. The Bertz CT molecular complexity index is 846. The molecule has 186 valence electrons. The minimum Gasteiger partial charge on any atom is -0.383 e. The Labute approximate surface area is 202 Å². The van der Waals surface area contributed by atoms with Gasteiger partial charge >= 0.3 is 6.03 Å². The van der Waals surface area contributed by atoms with Gasteiger partial charge in [0.2, 0.25) is 5.91 Å². The molecule has 3 heterocycles. The molecule has 34 heavy (non-hydrogen) atoms. The molecule has 0 aromatic heterocycles. The van der Waals surface area contributed by atoms with Crippen LogP contribution in [-0.2, 0) is 20.9 Å². The zero-order chi connectivity index (χ0) is 23.9. The number of urea groups is 1. The van der Waals surface area contributed by atoms with E-state index in [4.69, 9.17) is 4.74 Å². The second-order valence-corrected chi connectivity index (χ2v) is 9.78. The smallest absolute Gasteiger partial charge is 0.325 e. The second kappa shape index (κ2) is 11.8. The molecule has 4 rings (SSSR count). The molecule has 0 unspecified atom stereocenters. The van der Waals surface area contributed by atoms with Gasteiger partial charge in [-0.15, -0.1) is 0 Å². The first-order valence-electron chi connectivity index (χ1n) is 12.7. The van der Waals surface area contributed by atoms with E-state index < -0.39 is 6.04 Å². The summed E-state index contributed by atoms with van der Waals surface area (Å²) in [7, 11) is 1.65. The van der Waals surface area contributed by atoms with Crippen molar-refractivity contribution in [2.75, 3.05) is 39.9 Å². The van der Waals surface area contributed by atoms with Gasteiger partial charge in [0.25, 0.3) is 5.91 Å². The molecule has 0 saturated carbocycles. The van der Waals surface area contributed by atoms with Crippen molar-refractivity contribution in [3.8, 4) is 0 Å². The van der Waals surface area contributed by atoms with Crippen LogP contribution in [0.25, 0.3) is 0 Å². The lowest BCUT2D eigenvalue weighted by atomic mass is 9.83. The molecule has 8 nitrogen and oxygen atoms in total. The highest BCUT2D eigenvalue weighted by Gasteiger charge is 2.39. The molecule has 0 radical (unpaired) electrons. The fourth-order valence-corrected chi connectivity index (χ4v) is 5.71. The fourth-order valence-electron chi connectivity index (χ4n) is 5.71. The van der Waals surface area contributed by atoms with Crippen molar-refractivity contribution in [1.82, 2.24) is 20.0 Å². The fraction of sp³-hybridized carbons (Fsp3) is 0.654. The number of methoxy groups -OCH3 is 1. The number of rotatable bonds is 10. The number of imide groups is 1. The van der Waals surface area contributed by atoms with E-state index in [0.717, 1.165) is 18.5 Å². The Morgan fingerprint density at radius 3 is 2.71 bits per heavy atom. The van der Waals surface area contributed by atoms with E-state index >= 15 is 0 Å². The predicted octanol–water partition coefficient (Wildman–Crippen LogP) is 2.63. The SMILES string of the molecule is COCCN(C[C@@H]1CCCN2CCCC[C@H]12)C(=O)CC[C@H]1NC(=O)N(Cc2ccccc2)C1=O. The van der Waals surface area contributed by atoms with Crippen LogP contribution in [0.5, 0.6) is 0 Å². The number of carbonyl (C=O) groups excluding carboxylic acids is 3. The van der Waals surface area contributed by atoms with E-state index in [1.807, 2.05) is 35.2 Å². The van der Waals surface area contributed by atoms with Gasteiger partial charge < -0.3 is 19.9 Å². The Morgan fingerprint density at radius 2 is 1.91 bits per heavy atom. The van der Waals surface area contributed by atoms with E-state index in [9.17, 15) is 14.4 Å². The number of fused-ring (bicyclic) bond motifs is 1. The van der Waals surface area contributed by atoms with Crippen LogP contribution in [0.1, 0.15) is 50.5 Å². The highest BCUT2D eigenvalue weighted by molar-refractivity contribution is 6.04. The molecule has 1 N–H and O–H groups in total. The number of amides is 4. The van der Waals surface area contributed by atoms with Crippen molar-refractivity contribution in [3.63, 3.8) is 0 Å². The van der Waals surface area contributed by atoms with Crippen LogP contribution >= 0.6 is 0 Å². The van der Waals surface area contributed by atoms with E-state index in [0.29, 0.717) is 31.5 Å². The molecule has 0 spiro atoms. The van der Waals surface area contributed by atoms with Crippen LogP contribution in [0.2, 0.25) is 0 Å². The lowest BCUT2D eigenvalue weighted by molar-refractivity contribution is -0.134. The molecule has 8 heteroatoms. The third-order valence-corrected chi connectivity index (χ3v) is 7.54. The maximum absolute atomic E-state index is 13.2. The summed E-state index contributed by atoms with van der Waals surface area (Å²) >= 11 is 0. The number of benzene rings is 1. The summed E-state index contributed by atoms with van der Waals surface area (Å²) in [5, 5.41) is 2.77. The van der Waals surface area contributed by atoms with Crippen LogP contribution in [-0.4, -0.2) is 84.5 Å². The molecule has 3 aliphatic rings. The molecule has 0 bridgehead atoms. The van der Waals surface area contributed by atoms with Gasteiger partial charge in [0.15, 0.2) is 0 Å². The summed E-state index contributed by atoms with van der Waals surface area (Å²) in [6, 6.07) is 9.00. The van der Waals surface area contributed by atoms with Crippen molar-refractivity contribution in [2.45, 2.75) is 63.6 Å². The van der Waals surface area contributed by atoms with E-state index in [2.05, 4.69) is 10.2 Å². The van der Waals surface area contributed by atoms with Crippen LogP contribution in [0.4, 0.5) is 4.79 Å². The number of nitrogens with one attached hydrogen (secondary N) is 1. The largest absolute Gasteiger partial charge is 0.383 e. The van der Waals surface area contributed by atoms with Gasteiger partial charge in [-0.2, -0.15) is 0 Å². The number of hydrogen-bond acceptors (Lipinski definition) is 5. The quantitative estimate of drug-likeness (QED) is 0.532. The number of nitrogens with zero attached hydrogens (tertiary/aromatic N) is 3. The van der Waals surface area contributed by atoms with Gasteiger partial charge in [-0.05, 0) is 56.7 Å². The summed E-state index contributed by atoms with van der Waals surface area (Å²) < 4.78 is 5.28. The summed E-state index contributed by atoms with van der Waals surface area (Å²) in [6.45, 7) is 4.40. The molecule has 4 amide bonds. The third kappa shape index (κ3) is 5.96. The first-order chi connectivity index (χ1) is 16.6. The Kier molecular flexibility index (Phi) is 8.56. The van der Waals surface area contributed by atoms with Crippen molar-refractivity contribution in [2.24, 2.45) is 5.92 Å². The third-order valence-electron chi connectivity index (χ3n) is 7.54. The molecule has 3 fully saturated rings. The standard InChI is InChI=1S/C26H38N4O4/c1-34-17-16-29(19-21-10-7-15-28-14-6-5-11-23(21)28)24(31)13-12-22-25(32)30(26(33)27-22)18-20-8-3-2-4-9-20/h2-4,8-9,21-23H,5-7,10-19H2,1H3,(H,27,33)/t21-,22+,23+/m0/s1. The van der Waals surface area contributed by atoms with Crippen molar-refractivity contribution in [1.29, 1.82) is 0 Å². The van der Waals surface area contributed by atoms with E-state index in [1.54, 1.807) is 7.11 Å². The topological polar surface area (TPSA) is 82.2 Å². The second-order valence-electron chi connectivity index (χ2n) is 9.78. The van der Waals surface area contributed by atoms with Crippen LogP contribution < -0.4 is 5.32 Å². The van der Waals surface area contributed by atoms with Crippen LogP contribution in [0, 0.1) is 5.92 Å². The summed E-state index contributed by atoms with van der Waals surface area (Å²) in [6.07, 6.45) is 6.66. The highest BCUT2D eigenvalue weighted by atomic mass is 16.5. The Hall–Kier alpha value is -2.45. The zero-order valence-corrected chi connectivity index (χ0v) is 20.3. The first-order valence-corrected chi connectivity index (χ1v) is 12.7. The molecular formula is C26H38N4O4. The Morgan fingerprint density at radius 1 is 1.12 bits per heavy atom. The van der Waals surface area contributed by atoms with Gasteiger partial charge in [0, 0.05) is 32.7 Å². The molecule has 3 saturated heterocycles. The molecule has 1 aromatic carbocycles. The Balaban J connectivity index is 1.32. The van der Waals surface area contributed by atoms with Crippen molar-refractivity contribution >= 4 is 17.8 Å². The summed E-state index contributed by atoms with van der Waals surface area (Å²) in [5.74, 6) is 0.271. The van der Waals surface area contributed by atoms with Gasteiger partial charge in [0.05, 0.1) is 13.2 Å².